The van der Waals surface area contributed by atoms with Crippen LogP contribution in [0.2, 0.25) is 0 Å². The molecule has 0 radical (unpaired) electrons. The highest BCUT2D eigenvalue weighted by atomic mass is 16.5. The summed E-state index contributed by atoms with van der Waals surface area (Å²) in [6, 6.07) is 7.59. The Hall–Kier alpha value is -2.28. The fourth-order valence-electron chi connectivity index (χ4n) is 2.69. The van der Waals surface area contributed by atoms with Gasteiger partial charge in [0.2, 0.25) is 11.9 Å². The molecule has 1 aliphatic heterocycles. The predicted molar refractivity (Wildman–Crippen MR) is 86.0 cm³/mol. The Morgan fingerprint density at radius 2 is 1.77 bits per heavy atom. The summed E-state index contributed by atoms with van der Waals surface area (Å²) in [5.41, 5.74) is 12.1. The number of nitrogens with two attached hydrogens (primary N) is 2. The molecule has 1 saturated heterocycles. The van der Waals surface area contributed by atoms with Gasteiger partial charge in [0, 0.05) is 6.54 Å². The minimum atomic E-state index is 0.166. The topological polar surface area (TPSA) is 95.2 Å². The van der Waals surface area contributed by atoms with E-state index >= 15 is 0 Å². The van der Waals surface area contributed by atoms with E-state index in [-0.39, 0.29) is 11.9 Å². The van der Waals surface area contributed by atoms with Crippen LogP contribution in [0.25, 0.3) is 5.69 Å². The van der Waals surface area contributed by atoms with E-state index in [1.165, 1.54) is 37.0 Å². The van der Waals surface area contributed by atoms with Crippen molar-refractivity contribution in [3.05, 3.63) is 24.3 Å². The van der Waals surface area contributed by atoms with Gasteiger partial charge in [0.15, 0.2) is 0 Å². The highest BCUT2D eigenvalue weighted by Crippen LogP contribution is 2.17. The van der Waals surface area contributed by atoms with Crippen LogP contribution in [0, 0.1) is 0 Å². The highest BCUT2D eigenvalue weighted by molar-refractivity contribution is 5.42. The molecule has 2 heterocycles. The number of rotatable bonds is 5. The van der Waals surface area contributed by atoms with Gasteiger partial charge in [-0.05, 0) is 50.2 Å². The molecule has 0 amide bonds. The first kappa shape index (κ1) is 14.6. The molecule has 3 rings (SSSR count). The van der Waals surface area contributed by atoms with Gasteiger partial charge in [0.25, 0.3) is 0 Å². The molecule has 2 aromatic rings. The molecule has 1 aliphatic rings. The number of nitrogens with zero attached hydrogens (tertiary/aromatic N) is 4. The minimum Gasteiger partial charge on any atom is -0.492 e. The van der Waals surface area contributed by atoms with Crippen LogP contribution in [0.1, 0.15) is 19.3 Å². The molecule has 7 heteroatoms. The van der Waals surface area contributed by atoms with E-state index in [0.29, 0.717) is 6.61 Å². The van der Waals surface area contributed by atoms with Crippen molar-refractivity contribution in [1.82, 2.24) is 19.7 Å². The molecule has 1 aromatic heterocycles. The quantitative estimate of drug-likeness (QED) is 0.864. The third-order valence-corrected chi connectivity index (χ3v) is 3.85. The Bertz CT molecular complexity index is 603. The molecule has 1 fully saturated rings. The summed E-state index contributed by atoms with van der Waals surface area (Å²) < 4.78 is 7.30. The van der Waals surface area contributed by atoms with Crippen LogP contribution < -0.4 is 16.2 Å². The van der Waals surface area contributed by atoms with E-state index in [0.717, 1.165) is 18.0 Å². The van der Waals surface area contributed by atoms with Crippen LogP contribution in [0.15, 0.2) is 24.3 Å². The summed E-state index contributed by atoms with van der Waals surface area (Å²) in [6.45, 7) is 4.07. The second kappa shape index (κ2) is 6.65. The van der Waals surface area contributed by atoms with Crippen molar-refractivity contribution in [3.63, 3.8) is 0 Å². The fourth-order valence-corrected chi connectivity index (χ4v) is 2.69. The second-order valence-corrected chi connectivity index (χ2v) is 5.48. The van der Waals surface area contributed by atoms with Crippen molar-refractivity contribution < 1.29 is 4.74 Å². The van der Waals surface area contributed by atoms with Crippen molar-refractivity contribution in [2.45, 2.75) is 19.3 Å². The van der Waals surface area contributed by atoms with Crippen LogP contribution in [-0.2, 0) is 0 Å². The van der Waals surface area contributed by atoms with Crippen LogP contribution in [0.3, 0.4) is 0 Å². The summed E-state index contributed by atoms with van der Waals surface area (Å²) >= 11 is 0. The monoisotopic (exact) mass is 302 g/mol. The fraction of sp³-hybridized carbons (Fsp3) is 0.467. The number of aromatic nitrogens is 3. The molecule has 4 N–H and O–H groups in total. The lowest BCUT2D eigenvalue weighted by Crippen LogP contribution is -2.33. The van der Waals surface area contributed by atoms with Crippen LogP contribution in [0.4, 0.5) is 11.9 Å². The molecular weight excluding hydrogens is 280 g/mol. The summed E-state index contributed by atoms with van der Waals surface area (Å²) in [6.07, 6.45) is 3.96. The lowest BCUT2D eigenvalue weighted by Gasteiger charge is -2.26. The van der Waals surface area contributed by atoms with Gasteiger partial charge in [0.1, 0.15) is 12.4 Å². The zero-order valence-corrected chi connectivity index (χ0v) is 12.6. The maximum Gasteiger partial charge on any atom is 0.241 e. The lowest BCUT2D eigenvalue weighted by atomic mass is 10.1. The number of piperidine rings is 1. The first-order valence-corrected chi connectivity index (χ1v) is 7.66. The average molecular weight is 302 g/mol. The second-order valence-electron chi connectivity index (χ2n) is 5.48. The first-order valence-electron chi connectivity index (χ1n) is 7.66. The number of ether oxygens (including phenoxy) is 1. The standard InChI is InChI=1S/C15H22N6O/c16-14-18-15(17)21(19-14)12-4-6-13(7-5-12)22-11-10-20-8-2-1-3-9-20/h4-7H,1-3,8-11H2,(H4,16,17,18,19). The van der Waals surface area contributed by atoms with Crippen molar-refractivity contribution in [3.8, 4) is 11.4 Å². The molecule has 0 aliphatic carbocycles. The summed E-state index contributed by atoms with van der Waals surface area (Å²) in [7, 11) is 0. The first-order chi connectivity index (χ1) is 10.7. The van der Waals surface area contributed by atoms with Gasteiger partial charge in [-0.15, -0.1) is 5.10 Å². The van der Waals surface area contributed by atoms with Crippen molar-refractivity contribution in [1.29, 1.82) is 0 Å². The normalized spacial score (nSPS) is 15.8. The van der Waals surface area contributed by atoms with Gasteiger partial charge in [-0.2, -0.15) is 9.67 Å². The van der Waals surface area contributed by atoms with Gasteiger partial charge in [0.05, 0.1) is 5.69 Å². The van der Waals surface area contributed by atoms with Gasteiger partial charge >= 0.3 is 0 Å². The van der Waals surface area contributed by atoms with E-state index < -0.39 is 0 Å². The molecule has 0 spiro atoms. The SMILES string of the molecule is Nc1nc(N)n(-c2ccc(OCCN3CCCCC3)cc2)n1. The van der Waals surface area contributed by atoms with Crippen molar-refractivity contribution in [2.75, 3.05) is 37.7 Å². The Labute approximate surface area is 129 Å². The average Bonchev–Trinajstić information content (AvgIpc) is 2.88. The third kappa shape index (κ3) is 3.48. The summed E-state index contributed by atoms with van der Waals surface area (Å²) in [5.74, 6) is 1.28. The molecule has 0 atom stereocenters. The number of anilines is 2. The largest absolute Gasteiger partial charge is 0.492 e. The number of benzene rings is 1. The zero-order valence-electron chi connectivity index (χ0n) is 12.6. The highest BCUT2D eigenvalue weighted by Gasteiger charge is 2.10. The van der Waals surface area contributed by atoms with E-state index in [9.17, 15) is 0 Å². The van der Waals surface area contributed by atoms with Gasteiger partial charge in [-0.25, -0.2) is 0 Å². The summed E-state index contributed by atoms with van der Waals surface area (Å²) in [5, 5.41) is 4.04. The predicted octanol–water partition coefficient (Wildman–Crippen LogP) is 1.30. The molecule has 118 valence electrons. The van der Waals surface area contributed by atoms with E-state index in [2.05, 4.69) is 15.0 Å². The smallest absolute Gasteiger partial charge is 0.241 e. The molecule has 0 unspecified atom stereocenters. The van der Waals surface area contributed by atoms with Gasteiger partial charge < -0.3 is 16.2 Å². The van der Waals surface area contributed by atoms with Crippen LogP contribution in [-0.4, -0.2) is 45.9 Å². The maximum absolute atomic E-state index is 5.79. The minimum absolute atomic E-state index is 0.166. The number of nitrogen functional groups attached to an aromatic ring is 2. The molecule has 22 heavy (non-hydrogen) atoms. The molecule has 0 saturated carbocycles. The van der Waals surface area contributed by atoms with E-state index in [1.807, 2.05) is 24.3 Å². The summed E-state index contributed by atoms with van der Waals surface area (Å²) in [4.78, 5) is 6.34. The van der Waals surface area contributed by atoms with Crippen molar-refractivity contribution in [2.24, 2.45) is 0 Å². The Morgan fingerprint density at radius 1 is 1.05 bits per heavy atom. The van der Waals surface area contributed by atoms with Gasteiger partial charge in [-0.1, -0.05) is 6.42 Å². The third-order valence-electron chi connectivity index (χ3n) is 3.85. The number of hydrogen-bond donors (Lipinski definition) is 2. The number of hydrogen-bond acceptors (Lipinski definition) is 6. The van der Waals surface area contributed by atoms with E-state index in [4.69, 9.17) is 16.2 Å². The van der Waals surface area contributed by atoms with Crippen LogP contribution in [0.5, 0.6) is 5.75 Å². The Kier molecular flexibility index (Phi) is 4.43. The Balaban J connectivity index is 1.54. The molecule has 1 aromatic carbocycles. The van der Waals surface area contributed by atoms with Crippen LogP contribution >= 0.6 is 0 Å². The zero-order chi connectivity index (χ0) is 15.4. The Morgan fingerprint density at radius 3 is 2.41 bits per heavy atom. The van der Waals surface area contributed by atoms with E-state index in [1.54, 1.807) is 0 Å². The molecular formula is C15H22N6O. The number of likely N-dealkylation sites (tertiary alicyclic amines) is 1. The molecule has 7 nitrogen and oxygen atoms in total. The maximum atomic E-state index is 5.79. The van der Waals surface area contributed by atoms with Gasteiger partial charge in [-0.3, -0.25) is 4.90 Å². The van der Waals surface area contributed by atoms with Crippen molar-refractivity contribution >= 4 is 11.9 Å². The molecule has 0 bridgehead atoms. The lowest BCUT2D eigenvalue weighted by molar-refractivity contribution is 0.183.